The highest BCUT2D eigenvalue weighted by atomic mass is 16.5. The number of para-hydroxylation sites is 1. The maximum atomic E-state index is 5.97. The number of likely N-dealkylation sites (tertiary alicyclic amines) is 1. The van der Waals surface area contributed by atoms with Gasteiger partial charge in [0.1, 0.15) is 11.5 Å². The van der Waals surface area contributed by atoms with Crippen LogP contribution in [0.5, 0.6) is 11.5 Å². The summed E-state index contributed by atoms with van der Waals surface area (Å²) >= 11 is 0. The number of nitrogens with one attached hydrogen (secondary N) is 1. The number of benzene rings is 2. The number of nitrogens with zero attached hydrogens (tertiary/aromatic N) is 2. The maximum absolute atomic E-state index is 5.97. The molecule has 3 aromatic rings. The minimum absolute atomic E-state index is 0.663. The molecular weight excluding hydrogens is 338 g/mol. The lowest BCUT2D eigenvalue weighted by Gasteiger charge is -2.31. The summed E-state index contributed by atoms with van der Waals surface area (Å²) in [4.78, 5) is 2.54. The molecule has 0 spiro atoms. The molecule has 1 aromatic heterocycles. The number of hydrogen-bond acceptors (Lipinski definition) is 4. The van der Waals surface area contributed by atoms with Gasteiger partial charge in [-0.25, -0.2) is 0 Å². The van der Waals surface area contributed by atoms with Crippen molar-refractivity contribution < 1.29 is 9.47 Å². The van der Waals surface area contributed by atoms with Crippen LogP contribution in [0.3, 0.4) is 0 Å². The zero-order valence-electron chi connectivity index (χ0n) is 15.6. The molecule has 5 heteroatoms. The molecule has 0 aliphatic carbocycles. The highest BCUT2D eigenvalue weighted by Crippen LogP contribution is 2.24. The molecule has 0 bridgehead atoms. The molecule has 1 aliphatic heterocycles. The number of aromatic nitrogens is 2. The Hall–Kier alpha value is -2.53. The van der Waals surface area contributed by atoms with Gasteiger partial charge < -0.3 is 14.4 Å². The lowest BCUT2D eigenvalue weighted by atomic mass is 9.98. The molecule has 27 heavy (non-hydrogen) atoms. The summed E-state index contributed by atoms with van der Waals surface area (Å²) in [6.07, 6.45) is 5.29. The fourth-order valence-corrected chi connectivity index (χ4v) is 3.64. The number of aromatic amines is 1. The number of ether oxygens (including phenoxy) is 2. The van der Waals surface area contributed by atoms with Gasteiger partial charge in [-0.3, -0.25) is 5.10 Å². The Labute approximate surface area is 160 Å². The van der Waals surface area contributed by atoms with E-state index in [0.717, 1.165) is 61.7 Å². The largest absolute Gasteiger partial charge is 0.493 e. The van der Waals surface area contributed by atoms with Crippen LogP contribution in [0, 0.1) is 5.92 Å². The molecule has 0 radical (unpaired) electrons. The monoisotopic (exact) mass is 365 g/mol. The first-order valence-electron chi connectivity index (χ1n) is 9.83. The van der Waals surface area contributed by atoms with Gasteiger partial charge in [0, 0.05) is 6.54 Å². The third-order valence-electron chi connectivity index (χ3n) is 5.26. The predicted molar refractivity (Wildman–Crippen MR) is 107 cm³/mol. The van der Waals surface area contributed by atoms with Crippen molar-refractivity contribution in [2.75, 3.05) is 32.8 Å². The van der Waals surface area contributed by atoms with Gasteiger partial charge in [0.25, 0.3) is 0 Å². The molecule has 2 aromatic carbocycles. The van der Waals surface area contributed by atoms with E-state index in [1.165, 1.54) is 12.8 Å². The Morgan fingerprint density at radius 3 is 2.70 bits per heavy atom. The van der Waals surface area contributed by atoms with Crippen LogP contribution in [0.25, 0.3) is 10.9 Å². The van der Waals surface area contributed by atoms with Crippen LogP contribution >= 0.6 is 0 Å². The van der Waals surface area contributed by atoms with Gasteiger partial charge in [0.2, 0.25) is 0 Å². The molecular formula is C22H27N3O2. The Morgan fingerprint density at radius 1 is 1.00 bits per heavy atom. The summed E-state index contributed by atoms with van der Waals surface area (Å²) in [5, 5.41) is 8.11. The molecule has 1 fully saturated rings. The number of rotatable bonds is 8. The molecule has 4 rings (SSSR count). The van der Waals surface area contributed by atoms with E-state index in [1.807, 2.05) is 54.7 Å². The van der Waals surface area contributed by atoms with Crippen molar-refractivity contribution in [3.05, 3.63) is 54.7 Å². The van der Waals surface area contributed by atoms with Crippen LogP contribution in [0.4, 0.5) is 0 Å². The number of H-pyrrole nitrogens is 1. The third kappa shape index (κ3) is 4.80. The van der Waals surface area contributed by atoms with Crippen molar-refractivity contribution >= 4 is 10.9 Å². The zero-order valence-corrected chi connectivity index (χ0v) is 15.6. The average molecular weight is 365 g/mol. The van der Waals surface area contributed by atoms with Crippen LogP contribution in [0.15, 0.2) is 54.7 Å². The van der Waals surface area contributed by atoms with E-state index in [0.29, 0.717) is 5.92 Å². The van der Waals surface area contributed by atoms with Gasteiger partial charge in [-0.1, -0.05) is 24.3 Å². The topological polar surface area (TPSA) is 50.4 Å². The molecule has 1 saturated heterocycles. The van der Waals surface area contributed by atoms with Gasteiger partial charge >= 0.3 is 0 Å². The fraction of sp³-hybridized carbons (Fsp3) is 0.409. The van der Waals surface area contributed by atoms with E-state index in [2.05, 4.69) is 15.1 Å². The van der Waals surface area contributed by atoms with Crippen LogP contribution in [-0.2, 0) is 0 Å². The van der Waals surface area contributed by atoms with Gasteiger partial charge in [0.15, 0.2) is 0 Å². The van der Waals surface area contributed by atoms with E-state index >= 15 is 0 Å². The van der Waals surface area contributed by atoms with Crippen LogP contribution in [0.1, 0.15) is 19.3 Å². The normalized spacial score (nSPS) is 15.9. The summed E-state index contributed by atoms with van der Waals surface area (Å²) in [7, 11) is 0. The van der Waals surface area contributed by atoms with Gasteiger partial charge in [-0.05, 0) is 62.5 Å². The van der Waals surface area contributed by atoms with Crippen molar-refractivity contribution in [1.29, 1.82) is 0 Å². The maximum Gasteiger partial charge on any atom is 0.130 e. The van der Waals surface area contributed by atoms with Crippen molar-refractivity contribution in [3.8, 4) is 11.5 Å². The average Bonchev–Trinajstić information content (AvgIpc) is 3.21. The van der Waals surface area contributed by atoms with Crippen molar-refractivity contribution in [3.63, 3.8) is 0 Å². The van der Waals surface area contributed by atoms with Crippen LogP contribution in [0.2, 0.25) is 0 Å². The number of piperidine rings is 1. The number of hydrogen-bond donors (Lipinski definition) is 1. The second-order valence-electron chi connectivity index (χ2n) is 7.20. The fourth-order valence-electron chi connectivity index (χ4n) is 3.64. The molecule has 0 amide bonds. The Bertz CT molecular complexity index is 826. The van der Waals surface area contributed by atoms with E-state index in [-0.39, 0.29) is 0 Å². The first-order chi connectivity index (χ1) is 13.4. The molecule has 5 nitrogen and oxygen atoms in total. The third-order valence-corrected chi connectivity index (χ3v) is 5.26. The highest BCUT2D eigenvalue weighted by molar-refractivity contribution is 5.84. The molecule has 142 valence electrons. The summed E-state index contributed by atoms with van der Waals surface area (Å²) < 4.78 is 11.9. The smallest absolute Gasteiger partial charge is 0.130 e. The van der Waals surface area contributed by atoms with Crippen molar-refractivity contribution in [2.24, 2.45) is 5.92 Å². The highest BCUT2D eigenvalue weighted by Gasteiger charge is 2.19. The minimum atomic E-state index is 0.663. The summed E-state index contributed by atoms with van der Waals surface area (Å²) in [6.45, 7) is 4.96. The Kier molecular flexibility index (Phi) is 5.89. The summed E-state index contributed by atoms with van der Waals surface area (Å²) in [5.41, 5.74) is 1.02. The molecule has 1 aliphatic rings. The van der Waals surface area contributed by atoms with E-state index in [4.69, 9.17) is 9.47 Å². The molecule has 2 heterocycles. The van der Waals surface area contributed by atoms with Gasteiger partial charge in [-0.15, -0.1) is 0 Å². The van der Waals surface area contributed by atoms with Gasteiger partial charge in [-0.2, -0.15) is 5.10 Å². The minimum Gasteiger partial charge on any atom is -0.493 e. The second kappa shape index (κ2) is 8.91. The van der Waals surface area contributed by atoms with E-state index in [1.54, 1.807) is 0 Å². The standard InChI is InChI=1S/C22H27N3O2/c1-2-6-19(7-3-1)27-17-18-10-13-25(14-11-18)12-5-15-26-22-9-4-8-21-20(22)16-23-24-21/h1-4,6-9,16,18H,5,10-15,17H2,(H,23,24). The first kappa shape index (κ1) is 17.9. The van der Waals surface area contributed by atoms with Crippen LogP contribution in [-0.4, -0.2) is 47.9 Å². The van der Waals surface area contributed by atoms with E-state index < -0.39 is 0 Å². The lowest BCUT2D eigenvalue weighted by molar-refractivity contribution is 0.135. The quantitative estimate of drug-likeness (QED) is 0.610. The molecule has 0 saturated carbocycles. The Morgan fingerprint density at radius 2 is 1.85 bits per heavy atom. The molecule has 1 N–H and O–H groups in total. The van der Waals surface area contributed by atoms with Crippen molar-refractivity contribution in [2.45, 2.75) is 19.3 Å². The lowest BCUT2D eigenvalue weighted by Crippen LogP contribution is -2.36. The van der Waals surface area contributed by atoms with E-state index in [9.17, 15) is 0 Å². The predicted octanol–water partition coefficient (Wildman–Crippen LogP) is 4.12. The summed E-state index contributed by atoms with van der Waals surface area (Å²) in [5.74, 6) is 2.55. The molecule has 0 atom stereocenters. The second-order valence-corrected chi connectivity index (χ2v) is 7.20. The Balaban J connectivity index is 1.13. The van der Waals surface area contributed by atoms with Crippen LogP contribution < -0.4 is 9.47 Å². The SMILES string of the molecule is c1ccc(OCC2CCN(CCCOc3cccc4[nH]ncc34)CC2)cc1. The van der Waals surface area contributed by atoms with Crippen molar-refractivity contribution in [1.82, 2.24) is 15.1 Å². The van der Waals surface area contributed by atoms with Gasteiger partial charge in [0.05, 0.1) is 30.3 Å². The molecule has 0 unspecified atom stereocenters. The first-order valence-corrected chi connectivity index (χ1v) is 9.83. The zero-order chi connectivity index (χ0) is 18.3. The summed E-state index contributed by atoms with van der Waals surface area (Å²) in [6, 6.07) is 16.1. The number of fused-ring (bicyclic) bond motifs is 1.